The van der Waals surface area contributed by atoms with Crippen molar-refractivity contribution in [1.29, 1.82) is 0 Å². The van der Waals surface area contributed by atoms with Gasteiger partial charge < -0.3 is 0 Å². The van der Waals surface area contributed by atoms with Gasteiger partial charge >= 0.3 is 167 Å². The Hall–Kier alpha value is -1.66. The summed E-state index contributed by atoms with van der Waals surface area (Å²) in [6.07, 6.45) is 0. The Kier molecular flexibility index (Phi) is 6.49. The van der Waals surface area contributed by atoms with E-state index >= 15 is 0 Å². The van der Waals surface area contributed by atoms with Gasteiger partial charge in [0.05, 0.1) is 0 Å². The number of hydrogen-bond donors (Lipinski definition) is 1. The predicted molar refractivity (Wildman–Crippen MR) is 116 cm³/mol. The number of nitrogens with one attached hydrogen (secondary N) is 1. The third-order valence-corrected chi connectivity index (χ3v) is 12.7. The van der Waals surface area contributed by atoms with Gasteiger partial charge in [-0.15, -0.1) is 0 Å². The van der Waals surface area contributed by atoms with Gasteiger partial charge in [0.15, 0.2) is 0 Å². The fourth-order valence-electron chi connectivity index (χ4n) is 3.22. The SMILES string of the molecule is CC(C)c1cccc(C(C)C)c1[NH][Bi]([c]1ccccc1)[c]1ccccc1. The molecule has 0 saturated carbocycles. The summed E-state index contributed by atoms with van der Waals surface area (Å²) in [5, 5.41) is 0. The van der Waals surface area contributed by atoms with E-state index in [9.17, 15) is 0 Å². The molecule has 0 bridgehead atoms. The predicted octanol–water partition coefficient (Wildman–Crippen LogP) is 5.15. The molecule has 3 aromatic carbocycles. The summed E-state index contributed by atoms with van der Waals surface area (Å²) in [5.74, 6) is 1.02. The van der Waals surface area contributed by atoms with Crippen molar-refractivity contribution < 1.29 is 0 Å². The van der Waals surface area contributed by atoms with Crippen molar-refractivity contribution in [3.63, 3.8) is 0 Å². The van der Waals surface area contributed by atoms with Gasteiger partial charge in [-0.3, -0.25) is 0 Å². The molecule has 1 nitrogen and oxygen atoms in total. The van der Waals surface area contributed by atoms with E-state index in [2.05, 4.69) is 110 Å². The number of rotatable bonds is 6. The monoisotopic (exact) mass is 539 g/mol. The molecule has 0 heterocycles. The van der Waals surface area contributed by atoms with Crippen molar-refractivity contribution in [2.24, 2.45) is 0 Å². The number of hydrogen-bond acceptors (Lipinski definition) is 1. The molecule has 0 radical (unpaired) electrons. The van der Waals surface area contributed by atoms with Gasteiger partial charge in [-0.2, -0.15) is 0 Å². The molecular formula is C24H28BiN. The molecule has 0 amide bonds. The second-order valence-electron chi connectivity index (χ2n) is 7.24. The first kappa shape index (κ1) is 19.1. The van der Waals surface area contributed by atoms with Crippen LogP contribution in [0.3, 0.4) is 0 Å². The summed E-state index contributed by atoms with van der Waals surface area (Å²) in [6.45, 7) is 9.16. The summed E-state index contributed by atoms with van der Waals surface area (Å²) in [6, 6.07) is 28.9. The van der Waals surface area contributed by atoms with Gasteiger partial charge in [-0.1, -0.05) is 0 Å². The van der Waals surface area contributed by atoms with Crippen LogP contribution < -0.4 is 9.80 Å². The van der Waals surface area contributed by atoms with Crippen LogP contribution in [0, 0.1) is 0 Å². The molecule has 3 aromatic rings. The van der Waals surface area contributed by atoms with Crippen molar-refractivity contribution in [2.45, 2.75) is 39.5 Å². The Morgan fingerprint density at radius 2 is 1.00 bits per heavy atom. The standard InChI is InChI=1S/C12H18N.2C6H5.Bi/c1-8(2)10-6-5-7-11(9(3)4)12(10)13;2*1-2-4-6-5-3-1;/h5-9,13H,1-4H3;2*1-5H;/q-1;;;+1. The molecule has 0 atom stereocenters. The maximum absolute atomic E-state index is 4.12. The minimum absolute atomic E-state index is 0.508. The van der Waals surface area contributed by atoms with Crippen molar-refractivity contribution in [1.82, 2.24) is 0 Å². The Bertz CT molecular complexity index is 760. The first-order chi connectivity index (χ1) is 12.6. The van der Waals surface area contributed by atoms with Crippen LogP contribution in [0.25, 0.3) is 0 Å². The normalized spacial score (nSPS) is 11.3. The zero-order valence-electron chi connectivity index (χ0n) is 16.1. The number of para-hydroxylation sites is 1. The van der Waals surface area contributed by atoms with Crippen molar-refractivity contribution in [2.75, 3.05) is 3.26 Å². The molecule has 0 aliphatic heterocycles. The summed E-state index contributed by atoms with van der Waals surface area (Å²) >= 11 is -2.36. The minimum atomic E-state index is -2.36. The van der Waals surface area contributed by atoms with Crippen molar-refractivity contribution in [3.8, 4) is 0 Å². The molecule has 1 N–H and O–H groups in total. The van der Waals surface area contributed by atoms with Gasteiger partial charge in [0.1, 0.15) is 0 Å². The van der Waals surface area contributed by atoms with Gasteiger partial charge in [0, 0.05) is 0 Å². The number of benzene rings is 3. The molecular weight excluding hydrogens is 511 g/mol. The van der Waals surface area contributed by atoms with Crippen molar-refractivity contribution >= 4 is 34.3 Å². The van der Waals surface area contributed by atoms with E-state index in [4.69, 9.17) is 0 Å². The summed E-state index contributed by atoms with van der Waals surface area (Å²) in [4.78, 5) is 0. The zero-order chi connectivity index (χ0) is 18.5. The third-order valence-electron chi connectivity index (χ3n) is 4.63. The average molecular weight is 539 g/mol. The fraction of sp³-hybridized carbons (Fsp3) is 0.250. The van der Waals surface area contributed by atoms with Crippen LogP contribution in [-0.2, 0) is 0 Å². The Morgan fingerprint density at radius 1 is 0.577 bits per heavy atom. The third kappa shape index (κ3) is 4.36. The molecule has 134 valence electrons. The maximum atomic E-state index is 4.12. The average Bonchev–Trinajstić information content (AvgIpc) is 2.67. The van der Waals surface area contributed by atoms with Crippen LogP contribution in [0.15, 0.2) is 78.9 Å². The topological polar surface area (TPSA) is 12.0 Å². The fourth-order valence-corrected chi connectivity index (χ4v) is 10.9. The van der Waals surface area contributed by atoms with Crippen LogP contribution in [0.2, 0.25) is 0 Å². The summed E-state index contributed by atoms with van der Waals surface area (Å²) in [5.41, 5.74) is 4.24. The molecule has 0 spiro atoms. The Morgan fingerprint density at radius 3 is 1.38 bits per heavy atom. The van der Waals surface area contributed by atoms with Crippen molar-refractivity contribution in [3.05, 3.63) is 90.0 Å². The van der Waals surface area contributed by atoms with E-state index in [1.165, 1.54) is 23.4 Å². The van der Waals surface area contributed by atoms with Crippen LogP contribution >= 0.6 is 0 Å². The van der Waals surface area contributed by atoms with E-state index in [0.29, 0.717) is 11.8 Å². The summed E-state index contributed by atoms with van der Waals surface area (Å²) < 4.78 is 7.09. The van der Waals surface area contributed by atoms with E-state index < -0.39 is 22.0 Å². The Balaban J connectivity index is 2.11. The molecule has 3 rings (SSSR count). The molecule has 26 heavy (non-hydrogen) atoms. The molecule has 0 aliphatic carbocycles. The first-order valence-electron chi connectivity index (χ1n) is 9.37. The molecule has 0 fully saturated rings. The van der Waals surface area contributed by atoms with Crippen LogP contribution in [0.5, 0.6) is 0 Å². The van der Waals surface area contributed by atoms with E-state index in [1.54, 1.807) is 0 Å². The van der Waals surface area contributed by atoms with Gasteiger partial charge in [0.25, 0.3) is 0 Å². The first-order valence-corrected chi connectivity index (χ1v) is 14.6. The van der Waals surface area contributed by atoms with Crippen LogP contribution in [0.1, 0.15) is 50.7 Å². The zero-order valence-corrected chi connectivity index (χ0v) is 19.6. The molecule has 0 unspecified atom stereocenters. The molecule has 0 aliphatic rings. The second kappa shape index (κ2) is 8.82. The van der Waals surface area contributed by atoms with E-state index in [0.717, 1.165) is 0 Å². The molecule has 2 heteroatoms. The van der Waals surface area contributed by atoms with Crippen LogP contribution in [-0.4, -0.2) is 22.0 Å². The van der Waals surface area contributed by atoms with Gasteiger partial charge in [-0.05, 0) is 0 Å². The Labute approximate surface area is 166 Å². The van der Waals surface area contributed by atoms with Gasteiger partial charge in [0.2, 0.25) is 0 Å². The number of anilines is 1. The molecule has 0 saturated heterocycles. The quantitative estimate of drug-likeness (QED) is 0.428. The van der Waals surface area contributed by atoms with E-state index in [-0.39, 0.29) is 0 Å². The van der Waals surface area contributed by atoms with Crippen LogP contribution in [0.4, 0.5) is 5.69 Å². The molecule has 0 aromatic heterocycles. The van der Waals surface area contributed by atoms with E-state index in [1.807, 2.05) is 0 Å². The summed E-state index contributed by atoms with van der Waals surface area (Å²) in [7, 11) is 0. The second-order valence-corrected chi connectivity index (χ2v) is 14.7. The van der Waals surface area contributed by atoms with Gasteiger partial charge in [-0.25, -0.2) is 0 Å².